The normalized spacial score (nSPS) is 14.0. The molecule has 0 amide bonds. The molecule has 0 saturated heterocycles. The van der Waals surface area contributed by atoms with Gasteiger partial charge in [-0.2, -0.15) is 0 Å². The zero-order chi connectivity index (χ0) is 12.9. The first-order valence-electron chi connectivity index (χ1n) is 6.44. The number of nitrogens with two attached hydrogens (primary N) is 1. The van der Waals surface area contributed by atoms with Crippen LogP contribution in [0.15, 0.2) is 30.3 Å². The third-order valence-electron chi connectivity index (χ3n) is 3.74. The maximum absolute atomic E-state index is 6.14. The Morgan fingerprint density at radius 2 is 1.76 bits per heavy atom. The molecule has 1 aromatic rings. The summed E-state index contributed by atoms with van der Waals surface area (Å²) >= 11 is 0. The van der Waals surface area contributed by atoms with E-state index in [2.05, 4.69) is 45.1 Å². The lowest BCUT2D eigenvalue weighted by Crippen LogP contribution is -2.37. The van der Waals surface area contributed by atoms with E-state index in [0.717, 1.165) is 13.1 Å². The molecule has 0 aliphatic rings. The summed E-state index contributed by atoms with van der Waals surface area (Å²) in [5.41, 5.74) is 7.65. The summed E-state index contributed by atoms with van der Waals surface area (Å²) in [6.07, 6.45) is 0. The second-order valence-electron chi connectivity index (χ2n) is 5.79. The SMILES string of the molecule is CC(C)C(C)(C)CNCC(N)c1ccccc1. The Morgan fingerprint density at radius 1 is 1.18 bits per heavy atom. The average molecular weight is 234 g/mol. The van der Waals surface area contributed by atoms with Crippen LogP contribution >= 0.6 is 0 Å². The molecule has 0 bridgehead atoms. The van der Waals surface area contributed by atoms with Gasteiger partial charge in [0.05, 0.1) is 0 Å². The average Bonchev–Trinajstić information content (AvgIpc) is 2.29. The lowest BCUT2D eigenvalue weighted by atomic mass is 9.81. The second-order valence-corrected chi connectivity index (χ2v) is 5.79. The van der Waals surface area contributed by atoms with Gasteiger partial charge in [-0.25, -0.2) is 0 Å². The number of hydrogen-bond donors (Lipinski definition) is 2. The Hall–Kier alpha value is -0.860. The Morgan fingerprint density at radius 3 is 2.29 bits per heavy atom. The van der Waals surface area contributed by atoms with E-state index in [4.69, 9.17) is 5.73 Å². The van der Waals surface area contributed by atoms with Gasteiger partial charge in [-0.3, -0.25) is 0 Å². The lowest BCUT2D eigenvalue weighted by Gasteiger charge is -2.30. The Balaban J connectivity index is 2.37. The third-order valence-corrected chi connectivity index (χ3v) is 3.74. The molecular weight excluding hydrogens is 208 g/mol. The molecule has 0 aromatic heterocycles. The van der Waals surface area contributed by atoms with Crippen LogP contribution in [0.5, 0.6) is 0 Å². The van der Waals surface area contributed by atoms with Crippen LogP contribution in [0.3, 0.4) is 0 Å². The van der Waals surface area contributed by atoms with Gasteiger partial charge in [0.25, 0.3) is 0 Å². The minimum absolute atomic E-state index is 0.0826. The molecule has 1 aromatic carbocycles. The molecule has 0 radical (unpaired) electrons. The Bertz CT molecular complexity index is 317. The molecule has 17 heavy (non-hydrogen) atoms. The molecule has 0 saturated carbocycles. The van der Waals surface area contributed by atoms with E-state index < -0.39 is 0 Å². The number of benzene rings is 1. The molecule has 0 spiro atoms. The van der Waals surface area contributed by atoms with Crippen molar-refractivity contribution in [1.82, 2.24) is 5.32 Å². The molecule has 3 N–H and O–H groups in total. The first-order chi connectivity index (χ1) is 7.93. The van der Waals surface area contributed by atoms with Crippen molar-refractivity contribution in [3.05, 3.63) is 35.9 Å². The highest BCUT2D eigenvalue weighted by molar-refractivity contribution is 5.18. The van der Waals surface area contributed by atoms with Gasteiger partial charge in [0.15, 0.2) is 0 Å². The highest BCUT2D eigenvalue weighted by Crippen LogP contribution is 2.24. The van der Waals surface area contributed by atoms with Crippen molar-refractivity contribution < 1.29 is 0 Å². The maximum atomic E-state index is 6.14. The zero-order valence-corrected chi connectivity index (χ0v) is 11.5. The van der Waals surface area contributed by atoms with Crippen molar-refractivity contribution in [2.45, 2.75) is 33.7 Å². The zero-order valence-electron chi connectivity index (χ0n) is 11.5. The van der Waals surface area contributed by atoms with Gasteiger partial charge in [0, 0.05) is 19.1 Å². The molecule has 96 valence electrons. The van der Waals surface area contributed by atoms with Crippen LogP contribution in [-0.4, -0.2) is 13.1 Å². The van der Waals surface area contributed by atoms with Gasteiger partial charge in [-0.1, -0.05) is 58.0 Å². The molecular formula is C15H26N2. The summed E-state index contributed by atoms with van der Waals surface area (Å²) in [7, 11) is 0. The molecule has 0 aliphatic heterocycles. The van der Waals surface area contributed by atoms with Gasteiger partial charge in [-0.15, -0.1) is 0 Å². The molecule has 1 atom stereocenters. The predicted octanol–water partition coefficient (Wildman–Crippen LogP) is 2.96. The molecule has 0 aliphatic carbocycles. The second kappa shape index (κ2) is 6.18. The highest BCUT2D eigenvalue weighted by atomic mass is 14.9. The van der Waals surface area contributed by atoms with E-state index in [-0.39, 0.29) is 6.04 Å². The number of hydrogen-bond acceptors (Lipinski definition) is 2. The third kappa shape index (κ3) is 4.49. The standard InChI is InChI=1S/C15H26N2/c1-12(2)15(3,4)11-17-10-14(16)13-8-6-5-7-9-13/h5-9,12,14,17H,10-11,16H2,1-4H3. The van der Waals surface area contributed by atoms with Crippen LogP contribution in [0.2, 0.25) is 0 Å². The predicted molar refractivity (Wildman–Crippen MR) is 74.9 cm³/mol. The molecule has 0 heterocycles. The molecule has 1 unspecified atom stereocenters. The van der Waals surface area contributed by atoms with Gasteiger partial charge in [-0.05, 0) is 16.9 Å². The van der Waals surface area contributed by atoms with Gasteiger partial charge in [0.2, 0.25) is 0 Å². The Kier molecular flexibility index (Phi) is 5.16. The van der Waals surface area contributed by atoms with Crippen molar-refractivity contribution in [1.29, 1.82) is 0 Å². The molecule has 2 heteroatoms. The van der Waals surface area contributed by atoms with Gasteiger partial charge >= 0.3 is 0 Å². The molecule has 1 rings (SSSR count). The van der Waals surface area contributed by atoms with Crippen molar-refractivity contribution in [2.75, 3.05) is 13.1 Å². The largest absolute Gasteiger partial charge is 0.323 e. The van der Waals surface area contributed by atoms with Crippen LogP contribution < -0.4 is 11.1 Å². The van der Waals surface area contributed by atoms with E-state index in [9.17, 15) is 0 Å². The molecule has 0 fully saturated rings. The van der Waals surface area contributed by atoms with E-state index in [1.54, 1.807) is 0 Å². The van der Waals surface area contributed by atoms with E-state index in [1.165, 1.54) is 5.56 Å². The minimum Gasteiger partial charge on any atom is -0.323 e. The fraction of sp³-hybridized carbons (Fsp3) is 0.600. The first kappa shape index (κ1) is 14.2. The monoisotopic (exact) mass is 234 g/mol. The van der Waals surface area contributed by atoms with Crippen LogP contribution in [0.1, 0.15) is 39.3 Å². The fourth-order valence-corrected chi connectivity index (χ4v) is 1.57. The quantitative estimate of drug-likeness (QED) is 0.794. The van der Waals surface area contributed by atoms with Crippen LogP contribution in [-0.2, 0) is 0 Å². The lowest BCUT2D eigenvalue weighted by molar-refractivity contribution is 0.237. The van der Waals surface area contributed by atoms with Crippen molar-refractivity contribution in [3.63, 3.8) is 0 Å². The van der Waals surface area contributed by atoms with Gasteiger partial charge in [0.1, 0.15) is 0 Å². The number of nitrogens with one attached hydrogen (secondary N) is 1. The van der Waals surface area contributed by atoms with Crippen LogP contribution in [0.25, 0.3) is 0 Å². The highest BCUT2D eigenvalue weighted by Gasteiger charge is 2.21. The topological polar surface area (TPSA) is 38.0 Å². The maximum Gasteiger partial charge on any atom is 0.0421 e. The summed E-state index contributed by atoms with van der Waals surface area (Å²) in [5, 5.41) is 3.48. The van der Waals surface area contributed by atoms with Crippen LogP contribution in [0.4, 0.5) is 0 Å². The van der Waals surface area contributed by atoms with Crippen molar-refractivity contribution in [3.8, 4) is 0 Å². The minimum atomic E-state index is 0.0826. The van der Waals surface area contributed by atoms with E-state index in [1.807, 2.05) is 18.2 Å². The van der Waals surface area contributed by atoms with Crippen LogP contribution in [0, 0.1) is 11.3 Å². The Labute approximate surface area is 106 Å². The van der Waals surface area contributed by atoms with E-state index >= 15 is 0 Å². The summed E-state index contributed by atoms with van der Waals surface area (Å²) in [4.78, 5) is 0. The summed E-state index contributed by atoms with van der Waals surface area (Å²) in [6.45, 7) is 10.9. The first-order valence-corrected chi connectivity index (χ1v) is 6.44. The smallest absolute Gasteiger partial charge is 0.0421 e. The number of rotatable bonds is 6. The van der Waals surface area contributed by atoms with Crippen molar-refractivity contribution >= 4 is 0 Å². The summed E-state index contributed by atoms with van der Waals surface area (Å²) in [6, 6.07) is 10.3. The van der Waals surface area contributed by atoms with Crippen molar-refractivity contribution in [2.24, 2.45) is 17.1 Å². The summed E-state index contributed by atoms with van der Waals surface area (Å²) < 4.78 is 0. The van der Waals surface area contributed by atoms with E-state index in [0.29, 0.717) is 11.3 Å². The summed E-state index contributed by atoms with van der Waals surface area (Å²) in [5.74, 6) is 0.669. The fourth-order valence-electron chi connectivity index (χ4n) is 1.57. The molecule has 2 nitrogen and oxygen atoms in total. The van der Waals surface area contributed by atoms with Gasteiger partial charge < -0.3 is 11.1 Å².